The minimum atomic E-state index is -3.49. The van der Waals surface area contributed by atoms with Crippen molar-refractivity contribution < 1.29 is 18.1 Å². The van der Waals surface area contributed by atoms with Gasteiger partial charge in [0.15, 0.2) is 5.13 Å². The van der Waals surface area contributed by atoms with Gasteiger partial charge < -0.3 is 5.32 Å². The molecule has 1 aliphatic rings. The van der Waals surface area contributed by atoms with Crippen LogP contribution in [0.4, 0.5) is 10.8 Å². The van der Waals surface area contributed by atoms with E-state index < -0.39 is 14.9 Å². The summed E-state index contributed by atoms with van der Waals surface area (Å²) in [5.41, 5.74) is 1.33. The van der Waals surface area contributed by atoms with Crippen LogP contribution in [0.15, 0.2) is 51.4 Å². The lowest BCUT2D eigenvalue weighted by atomic mass is 9.97. The fraction of sp³-hybridized carbons (Fsp3) is 0.263. The molecule has 0 bridgehead atoms. The molecule has 2 aromatic heterocycles. The second kappa shape index (κ2) is 8.83. The normalized spacial score (nSPS) is 15.6. The molecule has 162 valence electrons. The zero-order valence-corrected chi connectivity index (χ0v) is 18.6. The van der Waals surface area contributed by atoms with Crippen LogP contribution in [0.2, 0.25) is 0 Å². The summed E-state index contributed by atoms with van der Waals surface area (Å²) in [6.07, 6.45) is 0.883. The number of carbonyl (C=O) groups is 1. The van der Waals surface area contributed by atoms with Gasteiger partial charge in [-0.15, -0.1) is 22.7 Å². The molecule has 0 unspecified atom stereocenters. The standard InChI is InChI=1S/C19H18N4O5S3/c24-18(14-7-9-22(10-8-14)31(27,28)17-2-1-11-29-17)21-19-20-16(12-30-19)13-3-5-15(6-4-13)23(25)26/h1-6,11-12,14H,7-10H2,(H,20,21,24). The van der Waals surface area contributed by atoms with Gasteiger partial charge in [0.25, 0.3) is 15.7 Å². The lowest BCUT2D eigenvalue weighted by Crippen LogP contribution is -2.41. The zero-order valence-electron chi connectivity index (χ0n) is 16.1. The molecule has 9 nitrogen and oxygen atoms in total. The first-order valence-electron chi connectivity index (χ1n) is 9.39. The number of hydrogen-bond acceptors (Lipinski definition) is 8. The van der Waals surface area contributed by atoms with Crippen molar-refractivity contribution in [3.63, 3.8) is 0 Å². The maximum absolute atomic E-state index is 12.6. The Balaban J connectivity index is 1.35. The third-order valence-corrected chi connectivity index (χ3v) is 9.05. The molecule has 31 heavy (non-hydrogen) atoms. The summed E-state index contributed by atoms with van der Waals surface area (Å²) in [4.78, 5) is 27.3. The molecule has 1 aromatic carbocycles. The summed E-state index contributed by atoms with van der Waals surface area (Å²) < 4.78 is 26.9. The van der Waals surface area contributed by atoms with Gasteiger partial charge in [0.2, 0.25) is 5.91 Å². The van der Waals surface area contributed by atoms with Gasteiger partial charge in [-0.3, -0.25) is 14.9 Å². The number of rotatable bonds is 6. The number of nitrogens with one attached hydrogen (secondary N) is 1. The van der Waals surface area contributed by atoms with Crippen molar-refractivity contribution in [2.45, 2.75) is 17.1 Å². The van der Waals surface area contributed by atoms with Crippen LogP contribution >= 0.6 is 22.7 Å². The number of nitro benzene ring substituents is 1. The summed E-state index contributed by atoms with van der Waals surface area (Å²) in [5, 5.41) is 17.5. The summed E-state index contributed by atoms with van der Waals surface area (Å²) >= 11 is 2.45. The molecule has 1 N–H and O–H groups in total. The van der Waals surface area contributed by atoms with Crippen molar-refractivity contribution in [2.24, 2.45) is 5.92 Å². The molecule has 12 heteroatoms. The number of anilines is 1. The Morgan fingerprint density at radius 2 is 1.87 bits per heavy atom. The lowest BCUT2D eigenvalue weighted by Gasteiger charge is -2.29. The van der Waals surface area contributed by atoms with Crippen LogP contribution in [0.5, 0.6) is 0 Å². The highest BCUT2D eigenvalue weighted by Gasteiger charge is 2.32. The van der Waals surface area contributed by atoms with Crippen molar-refractivity contribution >= 4 is 49.4 Å². The first-order chi connectivity index (χ1) is 14.8. The highest BCUT2D eigenvalue weighted by Crippen LogP contribution is 2.29. The molecule has 0 atom stereocenters. The Morgan fingerprint density at radius 1 is 1.16 bits per heavy atom. The Kier molecular flexibility index (Phi) is 6.14. The van der Waals surface area contributed by atoms with Crippen LogP contribution in [0.1, 0.15) is 12.8 Å². The number of benzene rings is 1. The van der Waals surface area contributed by atoms with Gasteiger partial charge in [-0.05, 0) is 36.4 Å². The van der Waals surface area contributed by atoms with Crippen molar-refractivity contribution in [3.8, 4) is 11.3 Å². The van der Waals surface area contributed by atoms with Gasteiger partial charge in [-0.2, -0.15) is 4.31 Å². The number of sulfonamides is 1. The number of thiophene rings is 1. The Hall–Kier alpha value is -2.67. The number of amides is 1. The number of hydrogen-bond donors (Lipinski definition) is 1. The molecule has 3 aromatic rings. The number of piperidine rings is 1. The number of thiazole rings is 1. The van der Waals surface area contributed by atoms with Gasteiger partial charge in [0, 0.05) is 42.1 Å². The van der Waals surface area contributed by atoms with Gasteiger partial charge in [0.05, 0.1) is 10.6 Å². The maximum atomic E-state index is 12.6. The Labute approximate surface area is 186 Å². The maximum Gasteiger partial charge on any atom is 0.269 e. The summed E-state index contributed by atoms with van der Waals surface area (Å²) in [6, 6.07) is 9.33. The van der Waals surface area contributed by atoms with Gasteiger partial charge in [-0.1, -0.05) is 6.07 Å². The van der Waals surface area contributed by atoms with E-state index in [1.807, 2.05) is 0 Å². The van der Waals surface area contributed by atoms with Gasteiger partial charge in [0.1, 0.15) is 4.21 Å². The molecule has 3 heterocycles. The first-order valence-corrected chi connectivity index (χ1v) is 12.6. The van der Waals surface area contributed by atoms with Crippen LogP contribution in [-0.2, 0) is 14.8 Å². The number of aromatic nitrogens is 1. The van der Waals surface area contributed by atoms with Crippen LogP contribution < -0.4 is 5.32 Å². The monoisotopic (exact) mass is 478 g/mol. The van der Waals surface area contributed by atoms with E-state index in [0.717, 1.165) is 5.56 Å². The quantitative estimate of drug-likeness (QED) is 0.424. The Bertz CT molecular complexity index is 1180. The highest BCUT2D eigenvalue weighted by atomic mass is 32.2. The highest BCUT2D eigenvalue weighted by molar-refractivity contribution is 7.91. The number of nitro groups is 1. The van der Waals surface area contributed by atoms with E-state index in [4.69, 9.17) is 0 Å². The number of non-ortho nitro benzene ring substituents is 1. The average molecular weight is 479 g/mol. The van der Waals surface area contributed by atoms with E-state index in [-0.39, 0.29) is 17.5 Å². The van der Waals surface area contributed by atoms with E-state index in [0.29, 0.717) is 41.0 Å². The van der Waals surface area contributed by atoms with E-state index in [1.165, 1.54) is 39.1 Å². The fourth-order valence-electron chi connectivity index (χ4n) is 3.32. The molecule has 1 fully saturated rings. The molecule has 0 saturated carbocycles. The van der Waals surface area contributed by atoms with Crippen LogP contribution in [0.25, 0.3) is 11.3 Å². The van der Waals surface area contributed by atoms with Gasteiger partial charge in [-0.25, -0.2) is 13.4 Å². The summed E-state index contributed by atoms with van der Waals surface area (Å²) in [7, 11) is -3.49. The van der Waals surface area contributed by atoms with Crippen molar-refractivity contribution in [1.29, 1.82) is 0 Å². The average Bonchev–Trinajstić information content (AvgIpc) is 3.47. The van der Waals surface area contributed by atoms with Crippen LogP contribution in [0.3, 0.4) is 0 Å². The summed E-state index contributed by atoms with van der Waals surface area (Å²) in [5.74, 6) is -0.473. The molecular weight excluding hydrogens is 460 g/mol. The molecule has 0 radical (unpaired) electrons. The number of nitrogens with zero attached hydrogens (tertiary/aromatic N) is 3. The van der Waals surface area contributed by atoms with E-state index in [2.05, 4.69) is 10.3 Å². The van der Waals surface area contributed by atoms with Crippen molar-refractivity contribution in [2.75, 3.05) is 18.4 Å². The molecule has 1 aliphatic heterocycles. The van der Waals surface area contributed by atoms with Crippen LogP contribution in [0, 0.1) is 16.0 Å². The third kappa shape index (κ3) is 4.66. The zero-order chi connectivity index (χ0) is 22.0. The second-order valence-electron chi connectivity index (χ2n) is 6.94. The minimum Gasteiger partial charge on any atom is -0.302 e. The molecule has 0 spiro atoms. The van der Waals surface area contributed by atoms with Crippen LogP contribution in [-0.4, -0.2) is 41.6 Å². The molecule has 1 saturated heterocycles. The number of carbonyl (C=O) groups excluding carboxylic acids is 1. The Morgan fingerprint density at radius 3 is 2.48 bits per heavy atom. The van der Waals surface area contributed by atoms with E-state index in [1.54, 1.807) is 35.0 Å². The smallest absolute Gasteiger partial charge is 0.269 e. The minimum absolute atomic E-state index is 0.0000546. The fourth-order valence-corrected chi connectivity index (χ4v) is 6.66. The molecular formula is C19H18N4O5S3. The predicted molar refractivity (Wildman–Crippen MR) is 119 cm³/mol. The molecule has 4 rings (SSSR count). The van der Waals surface area contributed by atoms with Crippen molar-refractivity contribution in [1.82, 2.24) is 9.29 Å². The predicted octanol–water partition coefficient (Wildman–Crippen LogP) is 3.82. The topological polar surface area (TPSA) is 123 Å². The largest absolute Gasteiger partial charge is 0.302 e. The first kappa shape index (κ1) is 21.6. The van der Waals surface area contributed by atoms with E-state index in [9.17, 15) is 23.3 Å². The molecule has 0 aliphatic carbocycles. The molecule has 1 amide bonds. The second-order valence-corrected chi connectivity index (χ2v) is 10.9. The third-order valence-electron chi connectivity index (χ3n) is 5.02. The van der Waals surface area contributed by atoms with E-state index >= 15 is 0 Å². The summed E-state index contributed by atoms with van der Waals surface area (Å²) in [6.45, 7) is 0.592. The van der Waals surface area contributed by atoms with Gasteiger partial charge >= 0.3 is 0 Å². The van der Waals surface area contributed by atoms with Crippen molar-refractivity contribution in [3.05, 3.63) is 57.3 Å². The SMILES string of the molecule is O=C(Nc1nc(-c2ccc([N+](=O)[O-])cc2)cs1)C1CCN(S(=O)(=O)c2cccs2)CC1. The lowest BCUT2D eigenvalue weighted by molar-refractivity contribution is -0.384.